The monoisotopic (exact) mass is 445 g/mol. The molecule has 1 aromatic carbocycles. The van der Waals surface area contributed by atoms with Gasteiger partial charge >= 0.3 is 6.36 Å². The van der Waals surface area contributed by atoms with Crippen molar-refractivity contribution < 1.29 is 27.4 Å². The van der Waals surface area contributed by atoms with E-state index in [-0.39, 0.29) is 11.7 Å². The Morgan fingerprint density at radius 2 is 1.78 bits per heavy atom. The molecule has 1 amide bonds. The molecule has 0 unspecified atom stereocenters. The van der Waals surface area contributed by atoms with Crippen LogP contribution in [0.2, 0.25) is 0 Å². The molecule has 0 radical (unpaired) electrons. The molecule has 1 fully saturated rings. The molecule has 0 spiro atoms. The number of fused-ring (bicyclic) bond motifs is 1. The number of nitrogens with one attached hydrogen (secondary N) is 1. The minimum absolute atomic E-state index is 0.0558. The third-order valence-electron chi connectivity index (χ3n) is 5.23. The van der Waals surface area contributed by atoms with E-state index in [2.05, 4.69) is 15.0 Å². The van der Waals surface area contributed by atoms with Gasteiger partial charge in [-0.1, -0.05) is 18.2 Å². The smallest absolute Gasteiger partial charge is 0.493 e. The lowest BCUT2D eigenvalue weighted by Gasteiger charge is -2.33. The molecular weight excluding hydrogens is 423 g/mol. The van der Waals surface area contributed by atoms with E-state index in [1.54, 1.807) is 30.5 Å². The predicted octanol–water partition coefficient (Wildman–Crippen LogP) is 3.58. The lowest BCUT2D eigenvalue weighted by Crippen LogP contribution is -2.43. The number of carbonyl (C=O) groups excluding carboxylic acids is 1. The highest BCUT2D eigenvalue weighted by Gasteiger charge is 2.32. The summed E-state index contributed by atoms with van der Waals surface area (Å²) in [7, 11) is 1.26. The average Bonchev–Trinajstić information content (AvgIpc) is 2.76. The van der Waals surface area contributed by atoms with Gasteiger partial charge in [0, 0.05) is 44.2 Å². The summed E-state index contributed by atoms with van der Waals surface area (Å²) in [6.45, 7) is 3.42. The first kappa shape index (κ1) is 21.8. The van der Waals surface area contributed by atoms with Crippen molar-refractivity contribution >= 4 is 11.5 Å². The number of benzene rings is 1. The fourth-order valence-electron chi connectivity index (χ4n) is 3.68. The summed E-state index contributed by atoms with van der Waals surface area (Å²) in [5.41, 5.74) is 2.48. The van der Waals surface area contributed by atoms with Gasteiger partial charge in [-0.2, -0.15) is 0 Å². The molecule has 3 heterocycles. The largest absolute Gasteiger partial charge is 0.573 e. The fraction of sp³-hybridized carbons (Fsp3) is 0.261. The van der Waals surface area contributed by atoms with Crippen LogP contribution < -0.4 is 14.8 Å². The maximum absolute atomic E-state index is 13.1. The second kappa shape index (κ2) is 8.96. The van der Waals surface area contributed by atoms with Crippen molar-refractivity contribution in [3.8, 4) is 11.5 Å². The Hall–Kier alpha value is -3.46. The fourth-order valence-corrected chi connectivity index (χ4v) is 3.68. The molecule has 168 valence electrons. The summed E-state index contributed by atoms with van der Waals surface area (Å²) < 4.78 is 47.4. The van der Waals surface area contributed by atoms with E-state index in [4.69, 9.17) is 4.74 Å². The van der Waals surface area contributed by atoms with E-state index in [1.165, 1.54) is 30.2 Å². The predicted molar refractivity (Wildman–Crippen MR) is 113 cm³/mol. The molecule has 3 aliphatic heterocycles. The molecule has 6 nitrogen and oxygen atoms in total. The van der Waals surface area contributed by atoms with Gasteiger partial charge in [0.25, 0.3) is 5.91 Å². The van der Waals surface area contributed by atoms with Crippen molar-refractivity contribution in [3.05, 3.63) is 77.8 Å². The number of ether oxygens (including phenoxy) is 2. The van der Waals surface area contributed by atoms with E-state index in [0.717, 1.165) is 31.9 Å². The number of piperazine rings is 1. The lowest BCUT2D eigenvalue weighted by molar-refractivity contribution is -0.275. The average molecular weight is 445 g/mol. The summed E-state index contributed by atoms with van der Waals surface area (Å²) in [4.78, 5) is 16.8. The Morgan fingerprint density at radius 3 is 2.50 bits per heavy atom. The van der Waals surface area contributed by atoms with Crippen LogP contribution in [0.5, 0.6) is 11.5 Å². The molecule has 9 heteroatoms. The quantitative estimate of drug-likeness (QED) is 0.768. The van der Waals surface area contributed by atoms with Gasteiger partial charge in [0.1, 0.15) is 0 Å². The Labute approximate surface area is 183 Å². The van der Waals surface area contributed by atoms with Crippen LogP contribution >= 0.6 is 0 Å². The molecule has 32 heavy (non-hydrogen) atoms. The van der Waals surface area contributed by atoms with Gasteiger partial charge in [-0.15, -0.1) is 13.2 Å². The molecule has 1 saturated heterocycles. The van der Waals surface area contributed by atoms with Crippen LogP contribution in [-0.4, -0.2) is 55.4 Å². The zero-order valence-electron chi connectivity index (χ0n) is 17.4. The highest BCUT2D eigenvalue weighted by Crippen LogP contribution is 2.35. The maximum Gasteiger partial charge on any atom is 0.573 e. The summed E-state index contributed by atoms with van der Waals surface area (Å²) in [6, 6.07) is 4.16. The van der Waals surface area contributed by atoms with E-state index < -0.39 is 12.1 Å². The number of methoxy groups -OCH3 is 1. The van der Waals surface area contributed by atoms with Crippen LogP contribution in [0, 0.1) is 0 Å². The third kappa shape index (κ3) is 4.88. The molecule has 1 aromatic rings. The van der Waals surface area contributed by atoms with E-state index >= 15 is 0 Å². The van der Waals surface area contributed by atoms with Gasteiger partial charge < -0.3 is 19.7 Å². The van der Waals surface area contributed by atoms with Crippen molar-refractivity contribution in [2.24, 2.45) is 0 Å². The number of carbonyl (C=O) groups is 1. The van der Waals surface area contributed by atoms with Gasteiger partial charge in [-0.25, -0.2) is 0 Å². The first-order valence-corrected chi connectivity index (χ1v) is 10.1. The van der Waals surface area contributed by atoms with Gasteiger partial charge in [-0.3, -0.25) is 9.69 Å². The second-order valence-corrected chi connectivity index (χ2v) is 7.30. The molecule has 0 atom stereocenters. The Bertz CT molecular complexity index is 1050. The standard InChI is InChI=1S/C23H22F3N3O3/c1-31-20-8-5-17(13-21(20)32-23(24,25)26)16-3-2-4-18-6-7-19(15-29(18)22(30)14-16)28-11-9-27-10-12-28/h2-8,13-15,27H,9-12H2,1H3/b3-2+,16-14+,18-4+. The first-order valence-electron chi connectivity index (χ1n) is 10.1. The Morgan fingerprint density at radius 1 is 1.03 bits per heavy atom. The van der Waals surface area contributed by atoms with E-state index in [1.807, 2.05) is 12.2 Å². The first-order chi connectivity index (χ1) is 15.3. The number of nitrogens with zero attached hydrogens (tertiary/aromatic N) is 2. The molecular formula is C23H22F3N3O3. The van der Waals surface area contributed by atoms with Crippen LogP contribution in [0.15, 0.2) is 72.2 Å². The molecule has 0 bridgehead atoms. The SMILES string of the molecule is COc1ccc(C2=C\C(=O)N3C=C(N4CCNCC4)C=C\C3=C/C=C/2)cc1OC(F)(F)F. The topological polar surface area (TPSA) is 54.0 Å². The van der Waals surface area contributed by atoms with Crippen LogP contribution in [0.1, 0.15) is 5.56 Å². The highest BCUT2D eigenvalue weighted by atomic mass is 19.4. The molecule has 3 aliphatic rings. The lowest BCUT2D eigenvalue weighted by atomic mass is 10.0. The summed E-state index contributed by atoms with van der Waals surface area (Å²) in [6.07, 6.45) is 7.38. The number of alkyl halides is 3. The van der Waals surface area contributed by atoms with Gasteiger partial charge in [0.15, 0.2) is 11.5 Å². The van der Waals surface area contributed by atoms with E-state index in [9.17, 15) is 18.0 Å². The summed E-state index contributed by atoms with van der Waals surface area (Å²) in [5, 5.41) is 3.29. The van der Waals surface area contributed by atoms with E-state index in [0.29, 0.717) is 16.8 Å². The number of hydrogen-bond donors (Lipinski definition) is 1. The number of allylic oxidation sites excluding steroid dienone is 6. The zero-order valence-corrected chi connectivity index (χ0v) is 17.4. The molecule has 0 aliphatic carbocycles. The third-order valence-corrected chi connectivity index (χ3v) is 5.23. The number of amides is 1. The van der Waals surface area contributed by atoms with Crippen molar-refractivity contribution in [1.82, 2.24) is 15.1 Å². The normalized spacial score (nSPS) is 23.1. The highest BCUT2D eigenvalue weighted by molar-refractivity contribution is 6.00. The van der Waals surface area contributed by atoms with Crippen LogP contribution in [0.4, 0.5) is 13.2 Å². The Balaban J connectivity index is 1.65. The summed E-state index contributed by atoms with van der Waals surface area (Å²) in [5.74, 6) is -0.833. The second-order valence-electron chi connectivity index (χ2n) is 7.30. The van der Waals surface area contributed by atoms with Gasteiger partial charge in [0.05, 0.1) is 12.8 Å². The minimum Gasteiger partial charge on any atom is -0.493 e. The van der Waals surface area contributed by atoms with Gasteiger partial charge in [0.2, 0.25) is 0 Å². The zero-order chi connectivity index (χ0) is 22.7. The van der Waals surface area contributed by atoms with Gasteiger partial charge in [-0.05, 0) is 41.5 Å². The number of rotatable bonds is 4. The minimum atomic E-state index is -4.87. The van der Waals surface area contributed by atoms with Crippen LogP contribution in [0.25, 0.3) is 5.57 Å². The number of hydrogen-bond acceptors (Lipinski definition) is 5. The summed E-state index contributed by atoms with van der Waals surface area (Å²) >= 11 is 0. The van der Waals surface area contributed by atoms with Crippen LogP contribution in [-0.2, 0) is 4.79 Å². The molecule has 4 rings (SSSR count). The van der Waals surface area contributed by atoms with Crippen LogP contribution in [0.3, 0.4) is 0 Å². The van der Waals surface area contributed by atoms with Crippen molar-refractivity contribution in [3.63, 3.8) is 0 Å². The molecule has 1 N–H and O–H groups in total. The maximum atomic E-state index is 13.1. The van der Waals surface area contributed by atoms with Crippen molar-refractivity contribution in [2.45, 2.75) is 6.36 Å². The molecule has 0 aromatic heterocycles. The Kier molecular flexibility index (Phi) is 6.09. The molecule has 0 saturated carbocycles. The van der Waals surface area contributed by atoms with Crippen molar-refractivity contribution in [2.75, 3.05) is 33.3 Å². The number of halogens is 3. The van der Waals surface area contributed by atoms with Crippen molar-refractivity contribution in [1.29, 1.82) is 0 Å².